The SMILES string of the molecule is CC(C)(NC(=O)c1ccc(O)c(Cl)c1)/C(N)=N/O. The van der Waals surface area contributed by atoms with Crippen LogP contribution >= 0.6 is 11.6 Å². The molecule has 0 atom stereocenters. The van der Waals surface area contributed by atoms with Crippen molar-refractivity contribution in [2.24, 2.45) is 10.9 Å². The third kappa shape index (κ3) is 3.04. The molecule has 0 aliphatic carbocycles. The number of hydrogen-bond acceptors (Lipinski definition) is 4. The van der Waals surface area contributed by atoms with Crippen molar-refractivity contribution in [3.05, 3.63) is 28.8 Å². The van der Waals surface area contributed by atoms with Gasteiger partial charge in [0.15, 0.2) is 5.84 Å². The Kier molecular flexibility index (Phi) is 4.03. The lowest BCUT2D eigenvalue weighted by Crippen LogP contribution is -2.53. The van der Waals surface area contributed by atoms with Gasteiger partial charge in [0.05, 0.1) is 10.6 Å². The Morgan fingerprint density at radius 3 is 2.61 bits per heavy atom. The topological polar surface area (TPSA) is 108 Å². The van der Waals surface area contributed by atoms with Gasteiger partial charge in [-0.2, -0.15) is 0 Å². The molecule has 6 nitrogen and oxygen atoms in total. The number of benzene rings is 1. The molecule has 0 bridgehead atoms. The average molecular weight is 272 g/mol. The first kappa shape index (κ1) is 14.1. The Bertz CT molecular complexity index is 500. The van der Waals surface area contributed by atoms with E-state index >= 15 is 0 Å². The van der Waals surface area contributed by atoms with Crippen LogP contribution in [0.4, 0.5) is 0 Å². The van der Waals surface area contributed by atoms with Gasteiger partial charge in [-0.25, -0.2) is 0 Å². The zero-order valence-electron chi connectivity index (χ0n) is 9.94. The summed E-state index contributed by atoms with van der Waals surface area (Å²) in [4.78, 5) is 11.9. The maximum absolute atomic E-state index is 11.9. The number of nitrogens with two attached hydrogens (primary N) is 1. The highest BCUT2D eigenvalue weighted by molar-refractivity contribution is 6.32. The van der Waals surface area contributed by atoms with Crippen LogP contribution in [0, 0.1) is 0 Å². The van der Waals surface area contributed by atoms with E-state index in [0.717, 1.165) is 0 Å². The fraction of sp³-hybridized carbons (Fsp3) is 0.273. The Hall–Kier alpha value is -1.95. The summed E-state index contributed by atoms with van der Waals surface area (Å²) >= 11 is 5.70. The maximum Gasteiger partial charge on any atom is 0.252 e. The molecule has 0 spiro atoms. The van der Waals surface area contributed by atoms with Gasteiger partial charge < -0.3 is 21.4 Å². The first-order valence-corrected chi connectivity index (χ1v) is 5.44. The first-order chi connectivity index (χ1) is 8.27. The van der Waals surface area contributed by atoms with Crippen LogP contribution in [0.15, 0.2) is 23.4 Å². The van der Waals surface area contributed by atoms with Gasteiger partial charge in [0.25, 0.3) is 5.91 Å². The van der Waals surface area contributed by atoms with E-state index in [2.05, 4.69) is 10.5 Å². The number of carbonyl (C=O) groups is 1. The second kappa shape index (κ2) is 5.14. The van der Waals surface area contributed by atoms with Crippen molar-refractivity contribution in [3.8, 4) is 5.75 Å². The minimum atomic E-state index is -1.00. The van der Waals surface area contributed by atoms with E-state index < -0.39 is 11.4 Å². The van der Waals surface area contributed by atoms with Crippen LogP contribution in [-0.2, 0) is 0 Å². The molecule has 0 saturated carbocycles. The molecule has 0 radical (unpaired) electrons. The van der Waals surface area contributed by atoms with E-state index in [4.69, 9.17) is 22.5 Å². The van der Waals surface area contributed by atoms with Crippen molar-refractivity contribution in [1.29, 1.82) is 0 Å². The molecule has 0 aromatic heterocycles. The van der Waals surface area contributed by atoms with Crippen molar-refractivity contribution in [3.63, 3.8) is 0 Å². The molecule has 0 aliphatic rings. The van der Waals surface area contributed by atoms with Gasteiger partial charge in [0.2, 0.25) is 0 Å². The lowest BCUT2D eigenvalue weighted by Gasteiger charge is -2.24. The summed E-state index contributed by atoms with van der Waals surface area (Å²) in [6.07, 6.45) is 0. The number of oxime groups is 1. The lowest BCUT2D eigenvalue weighted by molar-refractivity contribution is 0.0931. The van der Waals surface area contributed by atoms with Gasteiger partial charge in [-0.05, 0) is 32.0 Å². The minimum Gasteiger partial charge on any atom is -0.506 e. The number of halogens is 1. The Morgan fingerprint density at radius 2 is 2.11 bits per heavy atom. The predicted molar refractivity (Wildman–Crippen MR) is 68.1 cm³/mol. The molecule has 0 saturated heterocycles. The van der Waals surface area contributed by atoms with Crippen molar-refractivity contribution < 1.29 is 15.1 Å². The summed E-state index contributed by atoms with van der Waals surface area (Å²) in [5, 5.41) is 23.3. The number of amidine groups is 1. The second-order valence-electron chi connectivity index (χ2n) is 4.23. The number of phenols is 1. The van der Waals surface area contributed by atoms with E-state index in [9.17, 15) is 9.90 Å². The third-order valence-electron chi connectivity index (χ3n) is 2.38. The highest BCUT2D eigenvalue weighted by Crippen LogP contribution is 2.23. The van der Waals surface area contributed by atoms with Crippen LogP contribution in [0.25, 0.3) is 0 Å². The lowest BCUT2D eigenvalue weighted by atomic mass is 10.0. The fourth-order valence-corrected chi connectivity index (χ4v) is 1.37. The molecule has 98 valence electrons. The van der Waals surface area contributed by atoms with Crippen LogP contribution in [0.3, 0.4) is 0 Å². The van der Waals surface area contributed by atoms with E-state index in [-0.39, 0.29) is 22.2 Å². The zero-order chi connectivity index (χ0) is 13.9. The Labute approximate surface area is 109 Å². The number of aromatic hydroxyl groups is 1. The Balaban J connectivity index is 2.92. The molecule has 7 heteroatoms. The normalized spacial score (nSPS) is 12.3. The molecule has 1 aromatic carbocycles. The van der Waals surface area contributed by atoms with Crippen molar-refractivity contribution in [2.45, 2.75) is 19.4 Å². The summed E-state index contributed by atoms with van der Waals surface area (Å²) in [5.74, 6) is -0.682. The van der Waals surface area contributed by atoms with Crippen LogP contribution in [0.5, 0.6) is 5.75 Å². The monoisotopic (exact) mass is 271 g/mol. The van der Waals surface area contributed by atoms with Gasteiger partial charge in [0.1, 0.15) is 5.75 Å². The van der Waals surface area contributed by atoms with Gasteiger partial charge in [-0.3, -0.25) is 4.79 Å². The van der Waals surface area contributed by atoms with Gasteiger partial charge in [-0.1, -0.05) is 16.8 Å². The smallest absolute Gasteiger partial charge is 0.252 e. The zero-order valence-corrected chi connectivity index (χ0v) is 10.7. The van der Waals surface area contributed by atoms with Gasteiger partial charge in [-0.15, -0.1) is 0 Å². The molecular formula is C11H14ClN3O3. The molecule has 1 rings (SSSR count). The van der Waals surface area contributed by atoms with Crippen LogP contribution in [0.1, 0.15) is 24.2 Å². The predicted octanol–water partition coefficient (Wildman–Crippen LogP) is 1.30. The van der Waals surface area contributed by atoms with Crippen LogP contribution in [-0.4, -0.2) is 27.6 Å². The molecule has 0 aliphatic heterocycles. The third-order valence-corrected chi connectivity index (χ3v) is 2.69. The molecular weight excluding hydrogens is 258 g/mol. The number of nitrogens with one attached hydrogen (secondary N) is 1. The van der Waals surface area contributed by atoms with Crippen molar-refractivity contribution in [2.75, 3.05) is 0 Å². The molecule has 18 heavy (non-hydrogen) atoms. The van der Waals surface area contributed by atoms with E-state index in [1.165, 1.54) is 18.2 Å². The van der Waals surface area contributed by atoms with Crippen molar-refractivity contribution >= 4 is 23.3 Å². The summed E-state index contributed by atoms with van der Waals surface area (Å²) in [6.45, 7) is 3.17. The molecule has 0 heterocycles. The Morgan fingerprint density at radius 1 is 1.50 bits per heavy atom. The number of nitrogens with zero attached hydrogens (tertiary/aromatic N) is 1. The number of rotatable bonds is 3. The quantitative estimate of drug-likeness (QED) is 0.288. The average Bonchev–Trinajstić information content (AvgIpc) is 2.30. The summed E-state index contributed by atoms with van der Waals surface area (Å²) < 4.78 is 0. The number of hydrogen-bond donors (Lipinski definition) is 4. The van der Waals surface area contributed by atoms with Gasteiger partial charge in [0, 0.05) is 5.56 Å². The highest BCUT2D eigenvalue weighted by Gasteiger charge is 2.26. The first-order valence-electron chi connectivity index (χ1n) is 5.07. The number of carbonyl (C=O) groups excluding carboxylic acids is 1. The molecule has 1 amide bonds. The van der Waals surface area contributed by atoms with Crippen LogP contribution in [0.2, 0.25) is 5.02 Å². The largest absolute Gasteiger partial charge is 0.506 e. The van der Waals surface area contributed by atoms with Gasteiger partial charge >= 0.3 is 0 Å². The highest BCUT2D eigenvalue weighted by atomic mass is 35.5. The maximum atomic E-state index is 11.9. The second-order valence-corrected chi connectivity index (χ2v) is 4.64. The number of amides is 1. The number of phenolic OH excluding ortho intramolecular Hbond substituents is 1. The summed E-state index contributed by atoms with van der Waals surface area (Å²) in [7, 11) is 0. The summed E-state index contributed by atoms with van der Waals surface area (Å²) in [5.41, 5.74) is 4.71. The molecule has 1 aromatic rings. The molecule has 0 fully saturated rings. The van der Waals surface area contributed by atoms with Crippen LogP contribution < -0.4 is 11.1 Å². The molecule has 5 N–H and O–H groups in total. The van der Waals surface area contributed by atoms with E-state index in [0.29, 0.717) is 0 Å². The van der Waals surface area contributed by atoms with E-state index in [1.807, 2.05) is 0 Å². The standard InChI is InChI=1S/C11H14ClN3O3/c1-11(2,10(13)15-18)14-9(17)6-3-4-8(16)7(12)5-6/h3-5,16,18H,1-2H3,(H2,13,15)(H,14,17). The molecule has 0 unspecified atom stereocenters. The summed E-state index contributed by atoms with van der Waals surface area (Å²) in [6, 6.07) is 4.06. The van der Waals surface area contributed by atoms with E-state index in [1.54, 1.807) is 13.8 Å². The van der Waals surface area contributed by atoms with Crippen molar-refractivity contribution in [1.82, 2.24) is 5.32 Å². The minimum absolute atomic E-state index is 0.0734. The fourth-order valence-electron chi connectivity index (χ4n) is 1.19.